The molecule has 2 aliphatic rings. The molecule has 1 saturated carbocycles. The van der Waals surface area contributed by atoms with E-state index in [9.17, 15) is 5.11 Å². The molecule has 0 amide bonds. The van der Waals surface area contributed by atoms with Crippen molar-refractivity contribution >= 4 is 0 Å². The molecule has 0 aromatic heterocycles. The Kier molecular flexibility index (Phi) is 7.78. The van der Waals surface area contributed by atoms with Crippen LogP contribution in [0.15, 0.2) is 24.3 Å². The number of ether oxygens (including phenoxy) is 1. The molecule has 1 heterocycles. The average molecular weight is 361 g/mol. The van der Waals surface area contributed by atoms with Crippen LogP contribution in [-0.2, 0) is 6.54 Å². The molecule has 1 aliphatic carbocycles. The summed E-state index contributed by atoms with van der Waals surface area (Å²) in [6, 6.07) is 9.59. The fraction of sp³-hybridized carbons (Fsp3) is 0.727. The van der Waals surface area contributed by atoms with Gasteiger partial charge in [0, 0.05) is 50.4 Å². The highest BCUT2D eigenvalue weighted by Gasteiger charge is 2.31. The van der Waals surface area contributed by atoms with Crippen molar-refractivity contribution in [1.29, 1.82) is 0 Å². The zero-order valence-electron chi connectivity index (χ0n) is 16.4. The minimum Gasteiger partial charge on any atom is -0.494 e. The third kappa shape index (κ3) is 5.21. The zero-order chi connectivity index (χ0) is 18.2. The van der Waals surface area contributed by atoms with Crippen LogP contribution in [0.4, 0.5) is 0 Å². The van der Waals surface area contributed by atoms with E-state index in [4.69, 9.17) is 4.74 Å². The van der Waals surface area contributed by atoms with Crippen LogP contribution in [0.3, 0.4) is 0 Å². The van der Waals surface area contributed by atoms with Crippen LogP contribution in [0.5, 0.6) is 5.75 Å². The van der Waals surface area contributed by atoms with E-state index >= 15 is 0 Å². The minimum atomic E-state index is 0.271. The molecule has 1 atom stereocenters. The van der Waals surface area contributed by atoms with Crippen LogP contribution >= 0.6 is 0 Å². The molecule has 3 rings (SSSR count). The lowest BCUT2D eigenvalue weighted by molar-refractivity contribution is 0.0272. The van der Waals surface area contributed by atoms with Gasteiger partial charge in [-0.2, -0.15) is 0 Å². The number of benzene rings is 1. The second-order valence-electron chi connectivity index (χ2n) is 7.82. The Morgan fingerprint density at radius 2 is 1.85 bits per heavy atom. The van der Waals surface area contributed by atoms with Crippen molar-refractivity contribution in [2.75, 3.05) is 32.8 Å². The van der Waals surface area contributed by atoms with Crippen molar-refractivity contribution in [2.24, 2.45) is 0 Å². The SMILES string of the molecule is CCOc1ccccc1CN1CCN(C2CCCCCC2)CC1CCO. The summed E-state index contributed by atoms with van der Waals surface area (Å²) >= 11 is 0. The van der Waals surface area contributed by atoms with Gasteiger partial charge in [0.15, 0.2) is 0 Å². The Bertz CT molecular complexity index is 529. The Hall–Kier alpha value is -1.10. The van der Waals surface area contributed by atoms with E-state index in [1.807, 2.05) is 13.0 Å². The standard InChI is InChI=1S/C22H36N2O2/c1-2-26-22-12-8-7-9-19(22)17-23-14-15-24(18-21(23)13-16-25)20-10-5-3-4-6-11-20/h7-9,12,20-21,25H,2-6,10-11,13-18H2,1H3. The van der Waals surface area contributed by atoms with E-state index < -0.39 is 0 Å². The summed E-state index contributed by atoms with van der Waals surface area (Å²) in [5.41, 5.74) is 1.26. The van der Waals surface area contributed by atoms with Gasteiger partial charge >= 0.3 is 0 Å². The summed E-state index contributed by atoms with van der Waals surface area (Å²) in [7, 11) is 0. The smallest absolute Gasteiger partial charge is 0.123 e. The number of piperazine rings is 1. The molecule has 4 nitrogen and oxygen atoms in total. The first-order valence-electron chi connectivity index (χ1n) is 10.6. The summed E-state index contributed by atoms with van der Waals surface area (Å²) in [4.78, 5) is 5.28. The second kappa shape index (κ2) is 10.3. The van der Waals surface area contributed by atoms with Crippen molar-refractivity contribution < 1.29 is 9.84 Å². The van der Waals surface area contributed by atoms with Crippen molar-refractivity contribution in [3.8, 4) is 5.75 Å². The third-order valence-corrected chi connectivity index (χ3v) is 6.09. The summed E-state index contributed by atoms with van der Waals surface area (Å²) in [5.74, 6) is 1.00. The lowest BCUT2D eigenvalue weighted by Crippen LogP contribution is -2.55. The highest BCUT2D eigenvalue weighted by atomic mass is 16.5. The molecule has 1 saturated heterocycles. The number of aliphatic hydroxyl groups excluding tert-OH is 1. The molecule has 0 radical (unpaired) electrons. The second-order valence-corrected chi connectivity index (χ2v) is 7.82. The van der Waals surface area contributed by atoms with Crippen LogP contribution in [0.1, 0.15) is 57.4 Å². The molecule has 26 heavy (non-hydrogen) atoms. The molecular formula is C22H36N2O2. The number of hydrogen-bond acceptors (Lipinski definition) is 4. The van der Waals surface area contributed by atoms with Crippen LogP contribution in [0.2, 0.25) is 0 Å². The van der Waals surface area contributed by atoms with Gasteiger partial charge < -0.3 is 9.84 Å². The summed E-state index contributed by atoms with van der Waals surface area (Å²) in [5, 5.41) is 9.61. The van der Waals surface area contributed by atoms with E-state index in [2.05, 4.69) is 28.0 Å². The van der Waals surface area contributed by atoms with Crippen LogP contribution in [0.25, 0.3) is 0 Å². The first-order chi connectivity index (χ1) is 12.8. The summed E-state index contributed by atoms with van der Waals surface area (Å²) < 4.78 is 5.82. The minimum absolute atomic E-state index is 0.271. The van der Waals surface area contributed by atoms with E-state index in [1.54, 1.807) is 0 Å². The van der Waals surface area contributed by atoms with Gasteiger partial charge in [0.2, 0.25) is 0 Å². The van der Waals surface area contributed by atoms with Crippen molar-refractivity contribution in [1.82, 2.24) is 9.80 Å². The number of hydrogen-bond donors (Lipinski definition) is 1. The van der Waals surface area contributed by atoms with Gasteiger partial charge in [-0.1, -0.05) is 43.9 Å². The molecule has 1 aliphatic heterocycles. The largest absolute Gasteiger partial charge is 0.494 e. The maximum absolute atomic E-state index is 9.61. The van der Waals surface area contributed by atoms with Crippen molar-refractivity contribution in [3.05, 3.63) is 29.8 Å². The van der Waals surface area contributed by atoms with Gasteiger partial charge in [-0.25, -0.2) is 0 Å². The summed E-state index contributed by atoms with van der Waals surface area (Å²) in [6.07, 6.45) is 9.17. The molecule has 0 spiro atoms. The number of rotatable bonds is 7. The maximum atomic E-state index is 9.61. The monoisotopic (exact) mass is 360 g/mol. The first kappa shape index (κ1) is 19.7. The Morgan fingerprint density at radius 3 is 2.58 bits per heavy atom. The predicted octanol–water partition coefficient (Wildman–Crippen LogP) is 3.68. The maximum Gasteiger partial charge on any atom is 0.123 e. The summed E-state index contributed by atoms with van der Waals surface area (Å²) in [6.45, 7) is 7.27. The Morgan fingerprint density at radius 1 is 1.08 bits per heavy atom. The average Bonchev–Trinajstić information content (AvgIpc) is 2.94. The fourth-order valence-electron chi connectivity index (χ4n) is 4.65. The normalized spacial score (nSPS) is 23.7. The molecule has 1 aromatic rings. The van der Waals surface area contributed by atoms with Crippen molar-refractivity contribution in [2.45, 2.75) is 70.5 Å². The molecular weight excluding hydrogens is 324 g/mol. The van der Waals surface area contributed by atoms with E-state index in [-0.39, 0.29) is 6.61 Å². The lowest BCUT2D eigenvalue weighted by atomic mass is 10.0. The topological polar surface area (TPSA) is 35.9 Å². The molecule has 1 N–H and O–H groups in total. The molecule has 0 bridgehead atoms. The number of para-hydroxylation sites is 1. The molecule has 146 valence electrons. The van der Waals surface area contributed by atoms with E-state index in [0.717, 1.165) is 44.4 Å². The molecule has 4 heteroatoms. The van der Waals surface area contributed by atoms with Gasteiger partial charge in [-0.3, -0.25) is 9.80 Å². The van der Waals surface area contributed by atoms with Gasteiger partial charge in [-0.05, 0) is 32.3 Å². The van der Waals surface area contributed by atoms with Gasteiger partial charge in [0.1, 0.15) is 5.75 Å². The highest BCUT2D eigenvalue weighted by molar-refractivity contribution is 5.33. The van der Waals surface area contributed by atoms with Gasteiger partial charge in [0.05, 0.1) is 6.61 Å². The van der Waals surface area contributed by atoms with Crippen LogP contribution < -0.4 is 4.74 Å². The molecule has 2 fully saturated rings. The Balaban J connectivity index is 1.65. The van der Waals surface area contributed by atoms with E-state index in [1.165, 1.54) is 44.1 Å². The van der Waals surface area contributed by atoms with Gasteiger partial charge in [0.25, 0.3) is 0 Å². The zero-order valence-corrected chi connectivity index (χ0v) is 16.4. The van der Waals surface area contributed by atoms with Crippen LogP contribution in [0, 0.1) is 0 Å². The molecule has 1 unspecified atom stereocenters. The third-order valence-electron chi connectivity index (χ3n) is 6.09. The number of aliphatic hydroxyl groups is 1. The number of nitrogens with zero attached hydrogens (tertiary/aromatic N) is 2. The lowest BCUT2D eigenvalue weighted by Gasteiger charge is -2.44. The Labute approximate surface area is 159 Å². The van der Waals surface area contributed by atoms with Crippen molar-refractivity contribution in [3.63, 3.8) is 0 Å². The van der Waals surface area contributed by atoms with Gasteiger partial charge in [-0.15, -0.1) is 0 Å². The quantitative estimate of drug-likeness (QED) is 0.753. The predicted molar refractivity (Wildman–Crippen MR) is 107 cm³/mol. The van der Waals surface area contributed by atoms with Crippen LogP contribution in [-0.4, -0.2) is 59.8 Å². The van der Waals surface area contributed by atoms with E-state index in [0.29, 0.717) is 12.6 Å². The highest BCUT2D eigenvalue weighted by Crippen LogP contribution is 2.27. The first-order valence-corrected chi connectivity index (χ1v) is 10.6. The molecule has 1 aromatic carbocycles. The fourth-order valence-corrected chi connectivity index (χ4v) is 4.65.